The van der Waals surface area contributed by atoms with E-state index in [1.807, 2.05) is 19.2 Å². The third-order valence-electron chi connectivity index (χ3n) is 2.78. The van der Waals surface area contributed by atoms with Crippen LogP contribution in [0, 0.1) is 11.7 Å². The molecule has 0 heterocycles. The molecule has 0 aliphatic carbocycles. The molecule has 1 unspecified atom stereocenters. The third-order valence-corrected chi connectivity index (χ3v) is 2.78. The van der Waals surface area contributed by atoms with Gasteiger partial charge in [-0.05, 0) is 32.1 Å². The molecular formula is C13H21FN2. The highest BCUT2D eigenvalue weighted by Crippen LogP contribution is 2.06. The number of nitrogens with one attached hydrogen (secondary N) is 2. The lowest BCUT2D eigenvalue weighted by Gasteiger charge is -2.15. The van der Waals surface area contributed by atoms with Crippen molar-refractivity contribution in [3.05, 3.63) is 35.6 Å². The minimum absolute atomic E-state index is 0.128. The molecule has 0 amide bonds. The Morgan fingerprint density at radius 2 is 2.00 bits per heavy atom. The van der Waals surface area contributed by atoms with E-state index in [0.29, 0.717) is 12.5 Å². The number of hydrogen-bond acceptors (Lipinski definition) is 2. The molecule has 2 N–H and O–H groups in total. The molecule has 3 heteroatoms. The van der Waals surface area contributed by atoms with E-state index < -0.39 is 0 Å². The van der Waals surface area contributed by atoms with Crippen LogP contribution in [0.3, 0.4) is 0 Å². The largest absolute Gasteiger partial charge is 0.319 e. The van der Waals surface area contributed by atoms with Gasteiger partial charge in [-0.25, -0.2) is 4.39 Å². The first kappa shape index (κ1) is 13.1. The van der Waals surface area contributed by atoms with Crippen molar-refractivity contribution in [3.63, 3.8) is 0 Å². The Kier molecular flexibility index (Phi) is 6.04. The molecule has 0 aromatic heterocycles. The molecule has 0 aliphatic rings. The summed E-state index contributed by atoms with van der Waals surface area (Å²) in [7, 11) is 1.96. The fraction of sp³-hybridized carbons (Fsp3) is 0.538. The van der Waals surface area contributed by atoms with Crippen molar-refractivity contribution >= 4 is 0 Å². The highest BCUT2D eigenvalue weighted by atomic mass is 19.1. The van der Waals surface area contributed by atoms with Crippen LogP contribution in [0.5, 0.6) is 0 Å². The molecule has 0 aliphatic heterocycles. The van der Waals surface area contributed by atoms with Crippen LogP contribution in [0.15, 0.2) is 24.3 Å². The van der Waals surface area contributed by atoms with Crippen LogP contribution in [-0.2, 0) is 6.54 Å². The standard InChI is InChI=1S/C13H21FN2/c1-3-11(8-15-2)9-16-10-12-6-4-5-7-13(12)14/h4-7,11,15-16H,3,8-10H2,1-2H3. The molecule has 1 aromatic carbocycles. The quantitative estimate of drug-likeness (QED) is 0.741. The first-order valence-corrected chi connectivity index (χ1v) is 5.86. The van der Waals surface area contributed by atoms with E-state index in [1.165, 1.54) is 6.07 Å². The summed E-state index contributed by atoms with van der Waals surface area (Å²) < 4.78 is 13.3. The van der Waals surface area contributed by atoms with Crippen molar-refractivity contribution in [2.45, 2.75) is 19.9 Å². The predicted molar refractivity (Wildman–Crippen MR) is 65.8 cm³/mol. The maximum absolute atomic E-state index is 13.3. The number of hydrogen-bond donors (Lipinski definition) is 2. The van der Waals surface area contributed by atoms with Gasteiger partial charge in [0.1, 0.15) is 5.82 Å². The molecule has 0 saturated carbocycles. The summed E-state index contributed by atoms with van der Waals surface area (Å²) in [5, 5.41) is 6.46. The number of benzene rings is 1. The summed E-state index contributed by atoms with van der Waals surface area (Å²) >= 11 is 0. The van der Waals surface area contributed by atoms with Crippen LogP contribution in [-0.4, -0.2) is 20.1 Å². The van der Waals surface area contributed by atoms with Crippen LogP contribution in [0.2, 0.25) is 0 Å². The fourth-order valence-corrected chi connectivity index (χ4v) is 1.70. The van der Waals surface area contributed by atoms with Crippen molar-refractivity contribution in [2.75, 3.05) is 20.1 Å². The Balaban J connectivity index is 2.32. The lowest BCUT2D eigenvalue weighted by atomic mass is 10.1. The Hall–Kier alpha value is -0.930. The minimum atomic E-state index is -0.128. The van der Waals surface area contributed by atoms with E-state index in [1.54, 1.807) is 6.07 Å². The maximum Gasteiger partial charge on any atom is 0.127 e. The van der Waals surface area contributed by atoms with Gasteiger partial charge in [-0.15, -0.1) is 0 Å². The molecular weight excluding hydrogens is 203 g/mol. The van der Waals surface area contributed by atoms with Crippen LogP contribution in [0.25, 0.3) is 0 Å². The van der Waals surface area contributed by atoms with E-state index in [9.17, 15) is 4.39 Å². The highest BCUT2D eigenvalue weighted by Gasteiger charge is 2.05. The maximum atomic E-state index is 13.3. The predicted octanol–water partition coefficient (Wildman–Crippen LogP) is 2.16. The zero-order chi connectivity index (χ0) is 11.8. The second-order valence-corrected chi connectivity index (χ2v) is 4.05. The summed E-state index contributed by atoms with van der Waals surface area (Å²) in [5.41, 5.74) is 0.738. The van der Waals surface area contributed by atoms with Gasteiger partial charge in [0.15, 0.2) is 0 Å². The van der Waals surface area contributed by atoms with Crippen LogP contribution >= 0.6 is 0 Å². The van der Waals surface area contributed by atoms with Gasteiger partial charge in [-0.3, -0.25) is 0 Å². The topological polar surface area (TPSA) is 24.1 Å². The van der Waals surface area contributed by atoms with Gasteiger partial charge in [0.2, 0.25) is 0 Å². The molecule has 1 rings (SSSR count). The van der Waals surface area contributed by atoms with E-state index in [-0.39, 0.29) is 5.82 Å². The second kappa shape index (κ2) is 7.36. The molecule has 0 radical (unpaired) electrons. The third kappa shape index (κ3) is 4.29. The Morgan fingerprint density at radius 1 is 1.25 bits per heavy atom. The van der Waals surface area contributed by atoms with Crippen molar-refractivity contribution in [1.29, 1.82) is 0 Å². The van der Waals surface area contributed by atoms with E-state index >= 15 is 0 Å². The number of rotatable bonds is 7. The fourth-order valence-electron chi connectivity index (χ4n) is 1.70. The average Bonchev–Trinajstić information content (AvgIpc) is 2.30. The second-order valence-electron chi connectivity index (χ2n) is 4.05. The lowest BCUT2D eigenvalue weighted by Crippen LogP contribution is -2.29. The molecule has 0 bridgehead atoms. The summed E-state index contributed by atoms with van der Waals surface area (Å²) in [5.74, 6) is 0.480. The molecule has 1 aromatic rings. The van der Waals surface area contributed by atoms with E-state index in [0.717, 1.165) is 25.1 Å². The number of halogens is 1. The monoisotopic (exact) mass is 224 g/mol. The van der Waals surface area contributed by atoms with Gasteiger partial charge in [-0.1, -0.05) is 31.5 Å². The SMILES string of the molecule is CCC(CNC)CNCc1ccccc1F. The van der Waals surface area contributed by atoms with Crippen LogP contribution in [0.1, 0.15) is 18.9 Å². The van der Waals surface area contributed by atoms with Gasteiger partial charge in [0, 0.05) is 12.1 Å². The Morgan fingerprint density at radius 3 is 2.62 bits per heavy atom. The normalized spacial score (nSPS) is 12.7. The van der Waals surface area contributed by atoms with Crippen LogP contribution in [0.4, 0.5) is 4.39 Å². The zero-order valence-electron chi connectivity index (χ0n) is 10.1. The molecule has 0 saturated heterocycles. The molecule has 0 fully saturated rings. The summed E-state index contributed by atoms with van der Waals surface area (Å²) in [6, 6.07) is 6.91. The minimum Gasteiger partial charge on any atom is -0.319 e. The van der Waals surface area contributed by atoms with E-state index in [4.69, 9.17) is 0 Å². The summed E-state index contributed by atoms with van der Waals surface area (Å²) in [6.07, 6.45) is 1.13. The van der Waals surface area contributed by atoms with Crippen molar-refractivity contribution in [2.24, 2.45) is 5.92 Å². The van der Waals surface area contributed by atoms with Gasteiger partial charge in [-0.2, -0.15) is 0 Å². The van der Waals surface area contributed by atoms with Gasteiger partial charge in [0.05, 0.1) is 0 Å². The highest BCUT2D eigenvalue weighted by molar-refractivity contribution is 5.16. The Bertz CT molecular complexity index is 302. The van der Waals surface area contributed by atoms with Crippen molar-refractivity contribution < 1.29 is 4.39 Å². The zero-order valence-corrected chi connectivity index (χ0v) is 10.1. The Labute approximate surface area is 97.3 Å². The molecule has 16 heavy (non-hydrogen) atoms. The lowest BCUT2D eigenvalue weighted by molar-refractivity contribution is 0.441. The molecule has 2 nitrogen and oxygen atoms in total. The van der Waals surface area contributed by atoms with Gasteiger partial charge < -0.3 is 10.6 Å². The average molecular weight is 224 g/mol. The molecule has 0 spiro atoms. The molecule has 90 valence electrons. The van der Waals surface area contributed by atoms with E-state index in [2.05, 4.69) is 17.6 Å². The smallest absolute Gasteiger partial charge is 0.127 e. The van der Waals surface area contributed by atoms with Crippen molar-refractivity contribution in [1.82, 2.24) is 10.6 Å². The van der Waals surface area contributed by atoms with Gasteiger partial charge >= 0.3 is 0 Å². The van der Waals surface area contributed by atoms with Gasteiger partial charge in [0.25, 0.3) is 0 Å². The molecule has 1 atom stereocenters. The van der Waals surface area contributed by atoms with Crippen molar-refractivity contribution in [3.8, 4) is 0 Å². The first-order chi connectivity index (χ1) is 7.77. The summed E-state index contributed by atoms with van der Waals surface area (Å²) in [4.78, 5) is 0. The van der Waals surface area contributed by atoms with Crippen LogP contribution < -0.4 is 10.6 Å². The first-order valence-electron chi connectivity index (χ1n) is 5.86. The summed E-state index contributed by atoms with van der Waals surface area (Å²) in [6.45, 7) is 4.70.